The summed E-state index contributed by atoms with van der Waals surface area (Å²) in [5, 5.41) is 26.1. The average molecular weight is 483 g/mol. The standard InChI is InChI=1S/C21H17N5O7S/c27-21(23-22-14-16-8-4-5-11-18(16)25(28)29)15-24(17-9-2-1-3-10-17)34(32,33)20-13-7-6-12-19(20)26(30)31/h1-14H,15H2,(H,23,27)/b22-14+. The summed E-state index contributed by atoms with van der Waals surface area (Å²) in [4.78, 5) is 33.0. The third-order valence-corrected chi connectivity index (χ3v) is 6.31. The maximum atomic E-state index is 13.3. The van der Waals surface area contributed by atoms with Crippen LogP contribution in [0.2, 0.25) is 0 Å². The van der Waals surface area contributed by atoms with Crippen molar-refractivity contribution in [3.63, 3.8) is 0 Å². The van der Waals surface area contributed by atoms with Crippen LogP contribution < -0.4 is 9.73 Å². The number of carbonyl (C=O) groups excluding carboxylic acids is 1. The van der Waals surface area contributed by atoms with Crippen LogP contribution in [0.1, 0.15) is 5.56 Å². The molecule has 174 valence electrons. The number of benzene rings is 3. The fourth-order valence-electron chi connectivity index (χ4n) is 2.96. The van der Waals surface area contributed by atoms with E-state index in [2.05, 4.69) is 10.5 Å². The van der Waals surface area contributed by atoms with Crippen molar-refractivity contribution in [1.29, 1.82) is 0 Å². The van der Waals surface area contributed by atoms with Gasteiger partial charge in [0, 0.05) is 12.1 Å². The molecule has 0 fully saturated rings. The molecule has 12 nitrogen and oxygen atoms in total. The van der Waals surface area contributed by atoms with Crippen molar-refractivity contribution in [1.82, 2.24) is 5.43 Å². The molecule has 0 heterocycles. The van der Waals surface area contributed by atoms with Crippen LogP contribution in [0.4, 0.5) is 17.1 Å². The predicted octanol–water partition coefficient (Wildman–Crippen LogP) is 2.85. The molecule has 3 rings (SSSR count). The molecule has 1 N–H and O–H groups in total. The number of nitrogens with one attached hydrogen (secondary N) is 1. The summed E-state index contributed by atoms with van der Waals surface area (Å²) in [6, 6.07) is 18.1. The average Bonchev–Trinajstić information content (AvgIpc) is 2.83. The largest absolute Gasteiger partial charge is 0.289 e. The van der Waals surface area contributed by atoms with E-state index in [-0.39, 0.29) is 16.9 Å². The first kappa shape index (κ1) is 24.0. The molecule has 0 aliphatic rings. The number of rotatable bonds is 9. The van der Waals surface area contributed by atoms with Gasteiger partial charge in [-0.3, -0.25) is 29.3 Å². The van der Waals surface area contributed by atoms with Gasteiger partial charge in [0.25, 0.3) is 27.3 Å². The number of nitro benzene ring substituents is 2. The molecule has 0 unspecified atom stereocenters. The van der Waals surface area contributed by atoms with E-state index >= 15 is 0 Å². The number of nitro groups is 2. The van der Waals surface area contributed by atoms with Crippen LogP contribution in [-0.4, -0.2) is 36.9 Å². The molecule has 0 aromatic heterocycles. The second kappa shape index (κ2) is 10.3. The Morgan fingerprint density at radius 1 is 0.882 bits per heavy atom. The van der Waals surface area contributed by atoms with E-state index in [9.17, 15) is 33.4 Å². The van der Waals surface area contributed by atoms with Crippen LogP contribution in [0, 0.1) is 20.2 Å². The minimum atomic E-state index is -4.53. The summed E-state index contributed by atoms with van der Waals surface area (Å²) in [7, 11) is -4.53. The summed E-state index contributed by atoms with van der Waals surface area (Å²) >= 11 is 0. The summed E-state index contributed by atoms with van der Waals surface area (Å²) in [5.74, 6) is -0.874. The van der Waals surface area contributed by atoms with Gasteiger partial charge in [-0.25, -0.2) is 13.8 Å². The lowest BCUT2D eigenvalue weighted by atomic mass is 10.2. The number of hydrogen-bond donors (Lipinski definition) is 1. The van der Waals surface area contributed by atoms with Crippen LogP contribution in [0.5, 0.6) is 0 Å². The zero-order valence-electron chi connectivity index (χ0n) is 17.3. The second-order valence-electron chi connectivity index (χ2n) is 6.68. The predicted molar refractivity (Wildman–Crippen MR) is 123 cm³/mol. The number of carbonyl (C=O) groups is 1. The highest BCUT2D eigenvalue weighted by Gasteiger charge is 2.33. The minimum Gasteiger partial charge on any atom is -0.271 e. The number of anilines is 1. The topological polar surface area (TPSA) is 165 Å². The van der Waals surface area contributed by atoms with Gasteiger partial charge in [0.15, 0.2) is 4.90 Å². The Morgan fingerprint density at radius 2 is 1.44 bits per heavy atom. The van der Waals surface area contributed by atoms with Crippen LogP contribution in [-0.2, 0) is 14.8 Å². The van der Waals surface area contributed by atoms with Crippen LogP contribution in [0.3, 0.4) is 0 Å². The number of hydrogen-bond acceptors (Lipinski definition) is 8. The van der Waals surface area contributed by atoms with Crippen LogP contribution >= 0.6 is 0 Å². The first-order valence-electron chi connectivity index (χ1n) is 9.58. The van der Waals surface area contributed by atoms with Gasteiger partial charge in [-0.05, 0) is 24.3 Å². The number of sulfonamides is 1. The Balaban J connectivity index is 1.89. The summed E-state index contributed by atoms with van der Waals surface area (Å²) < 4.78 is 27.4. The Hall–Kier alpha value is -4.65. The number of amides is 1. The molecule has 3 aromatic rings. The van der Waals surface area contributed by atoms with E-state index in [4.69, 9.17) is 0 Å². The van der Waals surface area contributed by atoms with Crippen LogP contribution in [0.15, 0.2) is 88.9 Å². The van der Waals surface area contributed by atoms with Crippen molar-refractivity contribution in [3.05, 3.63) is 105 Å². The highest BCUT2D eigenvalue weighted by molar-refractivity contribution is 7.93. The van der Waals surface area contributed by atoms with Gasteiger partial charge in [-0.2, -0.15) is 5.10 Å². The van der Waals surface area contributed by atoms with E-state index in [1.807, 2.05) is 0 Å². The quantitative estimate of drug-likeness (QED) is 0.277. The smallest absolute Gasteiger partial charge is 0.271 e. The van der Waals surface area contributed by atoms with Crippen molar-refractivity contribution in [2.75, 3.05) is 10.8 Å². The first-order chi connectivity index (χ1) is 16.2. The van der Waals surface area contributed by atoms with E-state index in [0.29, 0.717) is 4.31 Å². The summed E-state index contributed by atoms with van der Waals surface area (Å²) in [6.45, 7) is -0.757. The van der Waals surface area contributed by atoms with E-state index in [0.717, 1.165) is 18.3 Å². The molecule has 13 heteroatoms. The molecular weight excluding hydrogens is 466 g/mol. The monoisotopic (exact) mass is 483 g/mol. The Kier molecular flexibility index (Phi) is 7.28. The Labute approximate surface area is 193 Å². The minimum absolute atomic E-state index is 0.0958. The third kappa shape index (κ3) is 5.39. The SMILES string of the molecule is O=C(CN(c1ccccc1)S(=O)(=O)c1ccccc1[N+](=O)[O-])N/N=C/c1ccccc1[N+](=O)[O-]. The van der Waals surface area contributed by atoms with Gasteiger partial charge in [-0.1, -0.05) is 42.5 Å². The lowest BCUT2D eigenvalue weighted by Gasteiger charge is -2.23. The normalized spacial score (nSPS) is 11.2. The zero-order valence-corrected chi connectivity index (χ0v) is 18.2. The van der Waals surface area contributed by atoms with E-state index in [1.54, 1.807) is 24.3 Å². The first-order valence-corrected chi connectivity index (χ1v) is 11.0. The third-order valence-electron chi connectivity index (χ3n) is 4.49. The van der Waals surface area contributed by atoms with Crippen molar-refractivity contribution < 1.29 is 23.1 Å². The van der Waals surface area contributed by atoms with Gasteiger partial charge in [0.2, 0.25) is 0 Å². The van der Waals surface area contributed by atoms with Gasteiger partial charge in [0.05, 0.1) is 27.3 Å². The van der Waals surface area contributed by atoms with Gasteiger partial charge >= 0.3 is 0 Å². The molecule has 0 aliphatic carbocycles. The fourth-order valence-corrected chi connectivity index (χ4v) is 4.54. The maximum Gasteiger partial charge on any atom is 0.289 e. The molecule has 0 aliphatic heterocycles. The lowest BCUT2D eigenvalue weighted by Crippen LogP contribution is -2.39. The van der Waals surface area contributed by atoms with E-state index < -0.39 is 42.9 Å². The molecule has 34 heavy (non-hydrogen) atoms. The molecule has 0 spiro atoms. The number of hydrazone groups is 1. The molecule has 0 radical (unpaired) electrons. The highest BCUT2D eigenvalue weighted by atomic mass is 32.2. The van der Waals surface area contributed by atoms with Crippen molar-refractivity contribution >= 4 is 39.2 Å². The Morgan fingerprint density at radius 3 is 2.09 bits per heavy atom. The molecule has 1 amide bonds. The molecular formula is C21H17N5O7S. The second-order valence-corrected chi connectivity index (χ2v) is 8.51. The van der Waals surface area contributed by atoms with Crippen LogP contribution in [0.25, 0.3) is 0 Å². The number of para-hydroxylation sites is 3. The van der Waals surface area contributed by atoms with Gasteiger partial charge in [-0.15, -0.1) is 0 Å². The van der Waals surface area contributed by atoms with Crippen molar-refractivity contribution in [3.8, 4) is 0 Å². The van der Waals surface area contributed by atoms with E-state index in [1.165, 1.54) is 42.5 Å². The maximum absolute atomic E-state index is 13.3. The van der Waals surface area contributed by atoms with Crippen molar-refractivity contribution in [2.24, 2.45) is 5.10 Å². The zero-order chi connectivity index (χ0) is 24.7. The molecule has 3 aromatic carbocycles. The fraction of sp³-hybridized carbons (Fsp3) is 0.0476. The lowest BCUT2D eigenvalue weighted by molar-refractivity contribution is -0.387. The van der Waals surface area contributed by atoms with Gasteiger partial charge in [0.1, 0.15) is 6.54 Å². The van der Waals surface area contributed by atoms with Crippen molar-refractivity contribution in [2.45, 2.75) is 4.90 Å². The summed E-state index contributed by atoms with van der Waals surface area (Å²) in [5.41, 5.74) is 1.48. The highest BCUT2D eigenvalue weighted by Crippen LogP contribution is 2.29. The number of nitrogens with zero attached hydrogens (tertiary/aromatic N) is 4. The molecule has 0 bridgehead atoms. The molecule has 0 saturated carbocycles. The Bertz CT molecular complexity index is 1360. The molecule has 0 saturated heterocycles. The molecule has 0 atom stereocenters. The summed E-state index contributed by atoms with van der Waals surface area (Å²) in [6.07, 6.45) is 1.05. The van der Waals surface area contributed by atoms with Gasteiger partial charge < -0.3 is 0 Å².